The number of rotatable bonds is 3. The zero-order valence-electron chi connectivity index (χ0n) is 14.8. The highest BCUT2D eigenvalue weighted by Gasteiger charge is 2.43. The highest BCUT2D eigenvalue weighted by atomic mass is 35.5. The van der Waals surface area contributed by atoms with E-state index in [9.17, 15) is 0 Å². The van der Waals surface area contributed by atoms with Gasteiger partial charge < -0.3 is 10.6 Å². The molecule has 0 unspecified atom stereocenters. The third-order valence-corrected chi connectivity index (χ3v) is 6.36. The van der Waals surface area contributed by atoms with Gasteiger partial charge in [-0.15, -0.1) is 0 Å². The molecule has 2 N–H and O–H groups in total. The molecule has 2 aliphatic rings. The highest BCUT2D eigenvalue weighted by molar-refractivity contribution is 6.33. The maximum absolute atomic E-state index is 6.40. The fourth-order valence-electron chi connectivity index (χ4n) is 4.43. The first kappa shape index (κ1) is 17.2. The Bertz CT molecular complexity index is 992. The van der Waals surface area contributed by atoms with Crippen LogP contribution in [-0.4, -0.2) is 32.7 Å². The van der Waals surface area contributed by atoms with E-state index in [0.29, 0.717) is 16.7 Å². The minimum absolute atomic E-state index is 0.161. The van der Waals surface area contributed by atoms with Gasteiger partial charge in [-0.05, 0) is 50.4 Å². The van der Waals surface area contributed by atoms with Crippen LogP contribution in [0.3, 0.4) is 0 Å². The third-order valence-electron chi connectivity index (χ3n) is 5.87. The number of anilines is 1. The van der Waals surface area contributed by atoms with Crippen molar-refractivity contribution in [3.8, 4) is 0 Å². The zero-order chi connectivity index (χ0) is 18.4. The summed E-state index contributed by atoms with van der Waals surface area (Å²) in [6.07, 6.45) is 7.85. The van der Waals surface area contributed by atoms with E-state index >= 15 is 0 Å². The lowest BCUT2D eigenvalue weighted by Crippen LogP contribution is -2.39. The van der Waals surface area contributed by atoms with Crippen LogP contribution in [0.15, 0.2) is 24.5 Å². The Balaban J connectivity index is 1.58. The predicted molar refractivity (Wildman–Crippen MR) is 107 cm³/mol. The Morgan fingerprint density at radius 3 is 2.78 bits per heavy atom. The first-order chi connectivity index (χ1) is 13.2. The molecule has 3 aromatic heterocycles. The molecule has 0 bridgehead atoms. The fraction of sp³-hybridized carbons (Fsp3) is 0.421. The van der Waals surface area contributed by atoms with Crippen molar-refractivity contribution in [2.24, 2.45) is 0 Å². The van der Waals surface area contributed by atoms with Crippen molar-refractivity contribution >= 4 is 34.7 Å². The van der Waals surface area contributed by atoms with Crippen LogP contribution in [0.25, 0.3) is 5.65 Å². The summed E-state index contributed by atoms with van der Waals surface area (Å²) in [6, 6.07) is 3.78. The number of halogens is 2. The zero-order valence-corrected chi connectivity index (χ0v) is 16.3. The van der Waals surface area contributed by atoms with E-state index in [1.807, 2.05) is 10.6 Å². The maximum atomic E-state index is 6.40. The van der Waals surface area contributed by atoms with E-state index in [-0.39, 0.29) is 5.41 Å². The topological polar surface area (TPSA) is 67.1 Å². The molecule has 5 rings (SSSR count). The standard InChI is InChI=1S/C19H20Cl2N6/c20-14-11-25-27-17(24-10-12-1-2-15(21)23-9-12)13-3-4-19(5-7-22-8-6-19)16(13)26-18(14)27/h1-2,9,11,22,24H,3-8,10H2. The van der Waals surface area contributed by atoms with Crippen LogP contribution in [0.1, 0.15) is 36.1 Å². The van der Waals surface area contributed by atoms with Gasteiger partial charge in [0.05, 0.1) is 11.9 Å². The fourth-order valence-corrected chi connectivity index (χ4v) is 4.71. The molecule has 0 aromatic carbocycles. The molecule has 0 saturated carbocycles. The lowest BCUT2D eigenvalue weighted by atomic mass is 9.77. The molecular weight excluding hydrogens is 383 g/mol. The van der Waals surface area contributed by atoms with Crippen molar-refractivity contribution in [1.82, 2.24) is 24.9 Å². The molecule has 1 fully saturated rings. The quantitative estimate of drug-likeness (QED) is 0.654. The van der Waals surface area contributed by atoms with E-state index in [4.69, 9.17) is 28.2 Å². The first-order valence-electron chi connectivity index (χ1n) is 9.28. The summed E-state index contributed by atoms with van der Waals surface area (Å²) in [5, 5.41) is 12.6. The monoisotopic (exact) mass is 402 g/mol. The Kier molecular flexibility index (Phi) is 4.22. The third kappa shape index (κ3) is 2.87. The van der Waals surface area contributed by atoms with Crippen LogP contribution >= 0.6 is 23.2 Å². The number of fused-ring (bicyclic) bond motifs is 3. The number of hydrogen-bond donors (Lipinski definition) is 2. The number of piperidine rings is 1. The van der Waals surface area contributed by atoms with Crippen LogP contribution in [0, 0.1) is 0 Å². The number of nitrogens with one attached hydrogen (secondary N) is 2. The van der Waals surface area contributed by atoms with E-state index in [1.165, 1.54) is 11.3 Å². The van der Waals surface area contributed by atoms with E-state index in [1.54, 1.807) is 18.5 Å². The minimum atomic E-state index is 0.161. The van der Waals surface area contributed by atoms with Gasteiger partial charge in [0.25, 0.3) is 0 Å². The van der Waals surface area contributed by atoms with Gasteiger partial charge in [0.2, 0.25) is 0 Å². The van der Waals surface area contributed by atoms with Crippen molar-refractivity contribution in [1.29, 1.82) is 0 Å². The number of nitrogens with zero attached hydrogens (tertiary/aromatic N) is 4. The number of hydrogen-bond acceptors (Lipinski definition) is 5. The normalized spacial score (nSPS) is 18.1. The van der Waals surface area contributed by atoms with E-state index < -0.39 is 0 Å². The summed E-state index contributed by atoms with van der Waals surface area (Å²) >= 11 is 12.3. The SMILES string of the molecule is Clc1ccc(CNc2c3c(nc4c(Cl)cnn24)C2(CCNCC2)CC3)cn1. The van der Waals surface area contributed by atoms with Gasteiger partial charge in [-0.2, -0.15) is 9.61 Å². The summed E-state index contributed by atoms with van der Waals surface area (Å²) in [5.74, 6) is 0.993. The molecule has 6 nitrogen and oxygen atoms in total. The maximum Gasteiger partial charge on any atom is 0.176 e. The van der Waals surface area contributed by atoms with Gasteiger partial charge >= 0.3 is 0 Å². The molecule has 0 radical (unpaired) electrons. The van der Waals surface area contributed by atoms with Gasteiger partial charge in [0.15, 0.2) is 5.65 Å². The van der Waals surface area contributed by atoms with Crippen molar-refractivity contribution < 1.29 is 0 Å². The smallest absolute Gasteiger partial charge is 0.176 e. The summed E-state index contributed by atoms with van der Waals surface area (Å²) in [5.41, 5.74) is 4.42. The number of aromatic nitrogens is 4. The molecule has 140 valence electrons. The van der Waals surface area contributed by atoms with Crippen LogP contribution < -0.4 is 10.6 Å². The summed E-state index contributed by atoms with van der Waals surface area (Å²) in [7, 11) is 0. The molecule has 0 amide bonds. The van der Waals surface area contributed by atoms with E-state index in [2.05, 4.69) is 20.7 Å². The molecule has 0 atom stereocenters. The molecule has 1 spiro atoms. The molecule has 8 heteroatoms. The lowest BCUT2D eigenvalue weighted by molar-refractivity contribution is 0.301. The van der Waals surface area contributed by atoms with Gasteiger partial charge in [-0.1, -0.05) is 29.3 Å². The highest BCUT2D eigenvalue weighted by Crippen LogP contribution is 2.46. The molecule has 1 aliphatic heterocycles. The van der Waals surface area contributed by atoms with Gasteiger partial charge in [-0.25, -0.2) is 9.97 Å². The minimum Gasteiger partial charge on any atom is -0.366 e. The van der Waals surface area contributed by atoms with Crippen molar-refractivity contribution in [2.75, 3.05) is 18.4 Å². The van der Waals surface area contributed by atoms with Crippen LogP contribution in [-0.2, 0) is 18.4 Å². The first-order valence-corrected chi connectivity index (χ1v) is 10.0. The largest absolute Gasteiger partial charge is 0.366 e. The Morgan fingerprint density at radius 1 is 1.15 bits per heavy atom. The van der Waals surface area contributed by atoms with Gasteiger partial charge in [0, 0.05) is 23.7 Å². The molecule has 27 heavy (non-hydrogen) atoms. The van der Waals surface area contributed by atoms with Crippen molar-refractivity contribution in [3.05, 3.63) is 51.5 Å². The molecule has 3 aromatic rings. The summed E-state index contributed by atoms with van der Waals surface area (Å²) in [6.45, 7) is 2.72. The molecule has 1 aliphatic carbocycles. The Morgan fingerprint density at radius 2 is 2.00 bits per heavy atom. The van der Waals surface area contributed by atoms with Crippen LogP contribution in [0.2, 0.25) is 10.2 Å². The second-order valence-corrected chi connectivity index (χ2v) is 8.18. The van der Waals surface area contributed by atoms with E-state index in [0.717, 1.165) is 55.8 Å². The summed E-state index contributed by atoms with van der Waals surface area (Å²) < 4.78 is 1.84. The van der Waals surface area contributed by atoms with Crippen LogP contribution in [0.5, 0.6) is 0 Å². The summed E-state index contributed by atoms with van der Waals surface area (Å²) in [4.78, 5) is 9.15. The average molecular weight is 403 g/mol. The van der Waals surface area contributed by atoms with Crippen molar-refractivity contribution in [3.63, 3.8) is 0 Å². The average Bonchev–Trinajstić information content (AvgIpc) is 3.23. The van der Waals surface area contributed by atoms with Gasteiger partial charge in [0.1, 0.15) is 16.0 Å². The Labute approximate surface area is 167 Å². The second-order valence-electron chi connectivity index (χ2n) is 7.39. The molecule has 4 heterocycles. The second kappa shape index (κ2) is 6.62. The van der Waals surface area contributed by atoms with Crippen molar-refractivity contribution in [2.45, 2.75) is 37.6 Å². The lowest BCUT2D eigenvalue weighted by Gasteiger charge is -2.34. The van der Waals surface area contributed by atoms with Crippen LogP contribution in [0.4, 0.5) is 5.82 Å². The molecular formula is C19H20Cl2N6. The van der Waals surface area contributed by atoms with Gasteiger partial charge in [-0.3, -0.25) is 0 Å². The molecule has 1 saturated heterocycles. The number of pyridine rings is 1. The Hall–Kier alpha value is -1.89. The predicted octanol–water partition coefficient (Wildman–Crippen LogP) is 3.61.